The zero-order chi connectivity index (χ0) is 21.2. The Bertz CT molecular complexity index is 1160. The van der Waals surface area contributed by atoms with E-state index in [1.54, 1.807) is 10.6 Å². The van der Waals surface area contributed by atoms with E-state index in [-0.39, 0.29) is 17.5 Å². The number of nitrogens with one attached hydrogen (secondary N) is 1. The van der Waals surface area contributed by atoms with Gasteiger partial charge in [-0.05, 0) is 47.3 Å². The van der Waals surface area contributed by atoms with Gasteiger partial charge in [0.15, 0.2) is 0 Å². The molecule has 2 aromatic carbocycles. The molecule has 0 aliphatic carbocycles. The lowest BCUT2D eigenvalue weighted by Crippen LogP contribution is -2.48. The summed E-state index contributed by atoms with van der Waals surface area (Å²) in [4.78, 5) is 27.8. The zero-order valence-electron chi connectivity index (χ0n) is 17.3. The molecule has 0 saturated carbocycles. The van der Waals surface area contributed by atoms with Crippen LogP contribution in [0.5, 0.6) is 0 Å². The first-order valence-corrected chi connectivity index (χ1v) is 10.6. The number of amides is 1. The normalized spacial score (nSPS) is 16.8. The summed E-state index contributed by atoms with van der Waals surface area (Å²) in [5.74, 6) is -0.114. The van der Waals surface area contributed by atoms with E-state index in [1.165, 1.54) is 0 Å². The van der Waals surface area contributed by atoms with Crippen LogP contribution in [0.25, 0.3) is 10.8 Å². The minimum Gasteiger partial charge on any atom is -0.378 e. The molecule has 160 valence electrons. The second-order valence-electron chi connectivity index (χ2n) is 8.03. The third-order valence-electron chi connectivity index (χ3n) is 5.85. The van der Waals surface area contributed by atoms with E-state index in [9.17, 15) is 9.59 Å². The fraction of sp³-hybridized carbons (Fsp3) is 0.333. The van der Waals surface area contributed by atoms with Gasteiger partial charge in [0.05, 0.1) is 39.0 Å². The quantitative estimate of drug-likeness (QED) is 0.685. The smallest absolute Gasteiger partial charge is 0.258 e. The van der Waals surface area contributed by atoms with Gasteiger partial charge in [0.2, 0.25) is 0 Å². The van der Waals surface area contributed by atoms with Crippen molar-refractivity contribution in [3.8, 4) is 0 Å². The average molecular weight is 419 g/mol. The van der Waals surface area contributed by atoms with Crippen LogP contribution in [0.4, 0.5) is 5.69 Å². The molecule has 7 heteroatoms. The topological polar surface area (TPSA) is 72.8 Å². The minimum atomic E-state index is -0.114. The van der Waals surface area contributed by atoms with Gasteiger partial charge in [-0.2, -0.15) is 0 Å². The highest BCUT2D eigenvalue weighted by atomic mass is 16.5. The maximum atomic E-state index is 13.1. The molecule has 2 aliphatic rings. The van der Waals surface area contributed by atoms with Crippen LogP contribution in [0, 0.1) is 0 Å². The van der Waals surface area contributed by atoms with Crippen molar-refractivity contribution in [1.82, 2.24) is 9.88 Å². The van der Waals surface area contributed by atoms with Gasteiger partial charge in [-0.25, -0.2) is 0 Å². The highest BCUT2D eigenvalue weighted by Crippen LogP contribution is 2.21. The van der Waals surface area contributed by atoms with Gasteiger partial charge in [-0.3, -0.25) is 9.59 Å². The molecule has 2 saturated heterocycles. The van der Waals surface area contributed by atoms with E-state index >= 15 is 0 Å². The average Bonchev–Trinajstić information content (AvgIpc) is 2.78. The Balaban J connectivity index is 1.36. The van der Waals surface area contributed by atoms with Crippen LogP contribution >= 0.6 is 0 Å². The maximum Gasteiger partial charge on any atom is 0.258 e. The molecular formula is C24H25N3O4. The van der Waals surface area contributed by atoms with E-state index in [4.69, 9.17) is 9.47 Å². The predicted octanol–water partition coefficient (Wildman–Crippen LogP) is 2.01. The van der Waals surface area contributed by atoms with Crippen molar-refractivity contribution in [2.24, 2.45) is 0 Å². The number of carbonyl (C=O) groups is 1. The summed E-state index contributed by atoms with van der Waals surface area (Å²) >= 11 is 0. The summed E-state index contributed by atoms with van der Waals surface area (Å²) in [7, 11) is 0. The summed E-state index contributed by atoms with van der Waals surface area (Å²) in [6, 6.07) is 15.5. The van der Waals surface area contributed by atoms with Crippen molar-refractivity contribution in [2.45, 2.75) is 12.6 Å². The number of hydrogen-bond acceptors (Lipinski definition) is 5. The lowest BCUT2D eigenvalue weighted by Gasteiger charge is -2.29. The maximum absolute atomic E-state index is 13.1. The molecule has 3 aromatic rings. The lowest BCUT2D eigenvalue weighted by molar-refractivity contribution is -0.00346. The van der Waals surface area contributed by atoms with Gasteiger partial charge >= 0.3 is 0 Å². The Hall–Kier alpha value is -3.16. The highest BCUT2D eigenvalue weighted by Gasteiger charge is 2.21. The van der Waals surface area contributed by atoms with Gasteiger partial charge in [-0.1, -0.05) is 12.1 Å². The summed E-state index contributed by atoms with van der Waals surface area (Å²) in [5, 5.41) is 4.57. The first kappa shape index (κ1) is 19.8. The summed E-state index contributed by atoms with van der Waals surface area (Å²) in [6.45, 7) is 4.71. The number of nitrogens with zero attached hydrogens (tertiary/aromatic N) is 2. The van der Waals surface area contributed by atoms with E-state index in [0.717, 1.165) is 42.9 Å². The summed E-state index contributed by atoms with van der Waals surface area (Å²) < 4.78 is 12.2. The molecule has 31 heavy (non-hydrogen) atoms. The van der Waals surface area contributed by atoms with Crippen LogP contribution in [-0.2, 0) is 16.0 Å². The first-order chi connectivity index (χ1) is 15.2. The Morgan fingerprint density at radius 3 is 2.65 bits per heavy atom. The second-order valence-corrected chi connectivity index (χ2v) is 8.03. The number of benzene rings is 2. The monoisotopic (exact) mass is 419 g/mol. The molecule has 0 spiro atoms. The SMILES string of the molecule is O=C(NC1COC1)c1cccc(Cn2ccc3cc(N4CCOCC4)ccc3c2=O)c1. The minimum absolute atomic E-state index is 0.0347. The Morgan fingerprint density at radius 2 is 1.87 bits per heavy atom. The summed E-state index contributed by atoms with van der Waals surface area (Å²) in [5.41, 5.74) is 2.58. The van der Waals surface area contributed by atoms with Crippen molar-refractivity contribution in [1.29, 1.82) is 0 Å². The largest absolute Gasteiger partial charge is 0.378 e. The van der Waals surface area contributed by atoms with Crippen LogP contribution in [0.1, 0.15) is 15.9 Å². The third-order valence-corrected chi connectivity index (χ3v) is 5.85. The number of morpholine rings is 1. The number of ether oxygens (including phenoxy) is 2. The fourth-order valence-electron chi connectivity index (χ4n) is 4.01. The van der Waals surface area contributed by atoms with Crippen LogP contribution in [-0.4, -0.2) is 56.0 Å². The lowest BCUT2D eigenvalue weighted by atomic mass is 10.1. The Labute approximate surface area is 180 Å². The van der Waals surface area contributed by atoms with E-state index in [0.29, 0.717) is 30.7 Å². The van der Waals surface area contributed by atoms with Crippen LogP contribution in [0.2, 0.25) is 0 Å². The molecular weight excluding hydrogens is 394 g/mol. The van der Waals surface area contributed by atoms with E-state index < -0.39 is 0 Å². The number of carbonyl (C=O) groups excluding carboxylic acids is 1. The molecule has 0 radical (unpaired) electrons. The molecule has 3 heterocycles. The number of hydrogen-bond donors (Lipinski definition) is 1. The first-order valence-electron chi connectivity index (χ1n) is 10.6. The molecule has 0 bridgehead atoms. The molecule has 1 amide bonds. The predicted molar refractivity (Wildman–Crippen MR) is 119 cm³/mol. The van der Waals surface area contributed by atoms with Crippen LogP contribution < -0.4 is 15.8 Å². The fourth-order valence-corrected chi connectivity index (χ4v) is 4.01. The molecule has 2 fully saturated rings. The molecule has 5 rings (SSSR count). The number of aromatic nitrogens is 1. The van der Waals surface area contributed by atoms with Crippen molar-refractivity contribution in [2.75, 3.05) is 44.4 Å². The third kappa shape index (κ3) is 4.19. The number of pyridine rings is 1. The Kier molecular flexibility index (Phi) is 5.44. The van der Waals surface area contributed by atoms with Gasteiger partial charge in [0.25, 0.3) is 11.5 Å². The second kappa shape index (κ2) is 8.53. The molecule has 7 nitrogen and oxygen atoms in total. The Morgan fingerprint density at radius 1 is 1.03 bits per heavy atom. The van der Waals surface area contributed by atoms with Gasteiger partial charge in [0.1, 0.15) is 0 Å². The number of fused-ring (bicyclic) bond motifs is 1. The number of rotatable bonds is 5. The zero-order valence-corrected chi connectivity index (χ0v) is 17.3. The van der Waals surface area contributed by atoms with Crippen LogP contribution in [0.15, 0.2) is 59.5 Å². The molecule has 1 N–H and O–H groups in total. The van der Waals surface area contributed by atoms with Crippen molar-refractivity contribution in [3.05, 3.63) is 76.2 Å². The van der Waals surface area contributed by atoms with Gasteiger partial charge in [-0.15, -0.1) is 0 Å². The van der Waals surface area contributed by atoms with Crippen molar-refractivity contribution >= 4 is 22.4 Å². The van der Waals surface area contributed by atoms with E-state index in [2.05, 4.69) is 16.3 Å². The van der Waals surface area contributed by atoms with Gasteiger partial charge in [0, 0.05) is 35.9 Å². The van der Waals surface area contributed by atoms with Crippen LogP contribution in [0.3, 0.4) is 0 Å². The molecule has 2 aliphatic heterocycles. The van der Waals surface area contributed by atoms with Gasteiger partial charge < -0.3 is 24.3 Å². The molecule has 1 aromatic heterocycles. The highest BCUT2D eigenvalue weighted by molar-refractivity contribution is 5.94. The molecule has 0 unspecified atom stereocenters. The van der Waals surface area contributed by atoms with E-state index in [1.807, 2.05) is 42.6 Å². The van der Waals surface area contributed by atoms with Crippen molar-refractivity contribution in [3.63, 3.8) is 0 Å². The number of anilines is 1. The summed E-state index contributed by atoms with van der Waals surface area (Å²) in [6.07, 6.45) is 1.83. The standard InChI is InChI=1S/C24H25N3O4/c28-23(25-20-15-31-16-20)19-3-1-2-17(12-19)14-27-7-6-18-13-21(4-5-22(18)24(27)29)26-8-10-30-11-9-26/h1-7,12-13,20H,8-11,14-16H2,(H,25,28). The molecule has 0 atom stereocenters. The van der Waals surface area contributed by atoms with Crippen molar-refractivity contribution < 1.29 is 14.3 Å².